The first kappa shape index (κ1) is 17.4. The number of alkyl halides is 1. The van der Waals surface area contributed by atoms with Crippen LogP contribution in [-0.4, -0.2) is 22.8 Å². The van der Waals surface area contributed by atoms with Gasteiger partial charge in [0.25, 0.3) is 0 Å². The van der Waals surface area contributed by atoms with E-state index in [-0.39, 0.29) is 16.9 Å². The number of carbonyl (C=O) groups is 2. The van der Waals surface area contributed by atoms with Crippen molar-refractivity contribution in [2.75, 3.05) is 16.5 Å². The van der Waals surface area contributed by atoms with Crippen LogP contribution in [0.15, 0.2) is 24.3 Å². The molecule has 0 spiro atoms. The van der Waals surface area contributed by atoms with Gasteiger partial charge in [0.2, 0.25) is 11.8 Å². The highest BCUT2D eigenvalue weighted by Crippen LogP contribution is 2.14. The average molecular weight is 328 g/mol. The van der Waals surface area contributed by atoms with Gasteiger partial charge in [0.05, 0.1) is 0 Å². The number of hydrogen-bond donors (Lipinski definition) is 3. The Bertz CT molecular complexity index is 505. The van der Waals surface area contributed by atoms with E-state index < -0.39 is 0 Å². The highest BCUT2D eigenvalue weighted by atomic mass is 35.5. The zero-order valence-corrected chi connectivity index (χ0v) is 13.3. The summed E-state index contributed by atoms with van der Waals surface area (Å²) in [4.78, 5) is 22.7. The number of anilines is 2. The fraction of sp³-hybridized carbons (Fsp3) is 0.357. The van der Waals surface area contributed by atoms with E-state index in [1.807, 2.05) is 0 Å². The Morgan fingerprint density at radius 2 is 1.67 bits per heavy atom. The van der Waals surface area contributed by atoms with Crippen LogP contribution in [0.4, 0.5) is 11.4 Å². The summed E-state index contributed by atoms with van der Waals surface area (Å²) in [5, 5.41) is 8.46. The van der Waals surface area contributed by atoms with Gasteiger partial charge in [-0.1, -0.05) is 6.92 Å². The quantitative estimate of drug-likeness (QED) is 0.555. The standard InChI is InChI=1S/C14H18ClN3O2S/c1-2-12(19)18-14(21)17-11-7-5-10(6-8-11)16-13(20)4-3-9-15/h5-8H,2-4,9H2,1H3,(H,16,20)(H2,17,18,19,21). The smallest absolute Gasteiger partial charge is 0.225 e. The van der Waals surface area contributed by atoms with Gasteiger partial charge in [-0.05, 0) is 42.9 Å². The molecule has 0 radical (unpaired) electrons. The number of rotatable bonds is 6. The summed E-state index contributed by atoms with van der Waals surface area (Å²) in [7, 11) is 0. The second-order valence-electron chi connectivity index (χ2n) is 4.27. The van der Waals surface area contributed by atoms with E-state index in [4.69, 9.17) is 23.8 Å². The molecule has 0 saturated carbocycles. The van der Waals surface area contributed by atoms with Crippen molar-refractivity contribution in [2.24, 2.45) is 0 Å². The van der Waals surface area contributed by atoms with Crippen LogP contribution in [-0.2, 0) is 9.59 Å². The van der Waals surface area contributed by atoms with Crippen molar-refractivity contribution in [3.05, 3.63) is 24.3 Å². The third kappa shape index (κ3) is 7.06. The third-order valence-electron chi connectivity index (χ3n) is 2.54. The summed E-state index contributed by atoms with van der Waals surface area (Å²) in [6, 6.07) is 7.04. The minimum atomic E-state index is -0.143. The largest absolute Gasteiger partial charge is 0.332 e. The average Bonchev–Trinajstić information content (AvgIpc) is 2.47. The molecule has 3 N–H and O–H groups in total. The van der Waals surface area contributed by atoms with Crippen molar-refractivity contribution in [3.8, 4) is 0 Å². The predicted octanol–water partition coefficient (Wildman–Crippen LogP) is 2.87. The van der Waals surface area contributed by atoms with Crippen LogP contribution < -0.4 is 16.0 Å². The molecule has 0 bridgehead atoms. The van der Waals surface area contributed by atoms with E-state index in [1.165, 1.54) is 0 Å². The molecule has 0 unspecified atom stereocenters. The first-order chi connectivity index (χ1) is 10.0. The number of benzene rings is 1. The molecule has 0 aromatic heterocycles. The Morgan fingerprint density at radius 1 is 1.10 bits per heavy atom. The van der Waals surface area contributed by atoms with Gasteiger partial charge in [-0.15, -0.1) is 11.6 Å². The Kier molecular flexibility index (Phi) is 7.71. The fourth-order valence-electron chi connectivity index (χ4n) is 1.47. The van der Waals surface area contributed by atoms with Crippen molar-refractivity contribution in [1.29, 1.82) is 0 Å². The normalized spacial score (nSPS) is 9.81. The van der Waals surface area contributed by atoms with E-state index in [0.29, 0.717) is 30.8 Å². The van der Waals surface area contributed by atoms with E-state index >= 15 is 0 Å². The number of thiocarbonyl (C=S) groups is 1. The van der Waals surface area contributed by atoms with Gasteiger partial charge in [0.15, 0.2) is 5.11 Å². The van der Waals surface area contributed by atoms with Crippen LogP contribution in [0.2, 0.25) is 0 Å². The van der Waals surface area contributed by atoms with Crippen LogP contribution in [0.3, 0.4) is 0 Å². The van der Waals surface area contributed by atoms with E-state index in [2.05, 4.69) is 16.0 Å². The lowest BCUT2D eigenvalue weighted by Gasteiger charge is -2.10. The minimum Gasteiger partial charge on any atom is -0.332 e. The molecule has 0 fully saturated rings. The van der Waals surface area contributed by atoms with E-state index in [9.17, 15) is 9.59 Å². The fourth-order valence-corrected chi connectivity index (χ4v) is 1.83. The predicted molar refractivity (Wildman–Crippen MR) is 89.7 cm³/mol. The Balaban J connectivity index is 2.48. The van der Waals surface area contributed by atoms with Crippen LogP contribution in [0.5, 0.6) is 0 Å². The number of nitrogens with one attached hydrogen (secondary N) is 3. The maximum absolute atomic E-state index is 11.5. The van der Waals surface area contributed by atoms with Gasteiger partial charge in [0.1, 0.15) is 0 Å². The SMILES string of the molecule is CCC(=O)NC(=S)Nc1ccc(NC(=O)CCCCl)cc1. The van der Waals surface area contributed by atoms with Crippen molar-refractivity contribution in [2.45, 2.75) is 26.2 Å². The molecule has 0 atom stereocenters. The summed E-state index contributed by atoms with van der Waals surface area (Å²) in [5.41, 5.74) is 1.43. The molecule has 7 heteroatoms. The highest BCUT2D eigenvalue weighted by molar-refractivity contribution is 7.80. The molecule has 2 amide bonds. The molecule has 0 heterocycles. The highest BCUT2D eigenvalue weighted by Gasteiger charge is 2.04. The van der Waals surface area contributed by atoms with Crippen LogP contribution in [0, 0.1) is 0 Å². The van der Waals surface area contributed by atoms with E-state index in [1.54, 1.807) is 31.2 Å². The molecule has 5 nitrogen and oxygen atoms in total. The lowest BCUT2D eigenvalue weighted by Crippen LogP contribution is -2.33. The van der Waals surface area contributed by atoms with Crippen molar-refractivity contribution in [3.63, 3.8) is 0 Å². The molecule has 0 aliphatic rings. The monoisotopic (exact) mass is 327 g/mol. The second kappa shape index (κ2) is 9.31. The number of carbonyl (C=O) groups excluding carboxylic acids is 2. The molecule has 21 heavy (non-hydrogen) atoms. The van der Waals surface area contributed by atoms with Crippen LogP contribution in [0.25, 0.3) is 0 Å². The molecular formula is C14H18ClN3O2S. The first-order valence-electron chi connectivity index (χ1n) is 6.62. The number of amides is 2. The zero-order chi connectivity index (χ0) is 15.7. The summed E-state index contributed by atoms with van der Waals surface area (Å²) < 4.78 is 0. The van der Waals surface area contributed by atoms with Crippen LogP contribution >= 0.6 is 23.8 Å². The summed E-state index contributed by atoms with van der Waals surface area (Å²) in [5.74, 6) is 0.259. The van der Waals surface area contributed by atoms with Crippen molar-refractivity contribution < 1.29 is 9.59 Å². The Hall–Kier alpha value is -1.66. The summed E-state index contributed by atoms with van der Waals surface area (Å²) >= 11 is 10.5. The summed E-state index contributed by atoms with van der Waals surface area (Å²) in [6.45, 7) is 1.75. The lowest BCUT2D eigenvalue weighted by molar-refractivity contribution is -0.119. The van der Waals surface area contributed by atoms with Gasteiger partial charge in [-0.2, -0.15) is 0 Å². The van der Waals surface area contributed by atoms with E-state index in [0.717, 1.165) is 5.69 Å². The Morgan fingerprint density at radius 3 is 2.19 bits per heavy atom. The van der Waals surface area contributed by atoms with Gasteiger partial charge >= 0.3 is 0 Å². The van der Waals surface area contributed by atoms with Gasteiger partial charge in [0, 0.05) is 30.1 Å². The molecule has 0 aliphatic heterocycles. The van der Waals surface area contributed by atoms with Gasteiger partial charge in [-0.25, -0.2) is 0 Å². The molecule has 0 aliphatic carbocycles. The van der Waals surface area contributed by atoms with Crippen molar-refractivity contribution >= 4 is 52.1 Å². The first-order valence-corrected chi connectivity index (χ1v) is 7.56. The van der Waals surface area contributed by atoms with Crippen molar-refractivity contribution in [1.82, 2.24) is 5.32 Å². The van der Waals surface area contributed by atoms with Gasteiger partial charge in [-0.3, -0.25) is 9.59 Å². The molecule has 1 rings (SSSR count). The maximum Gasteiger partial charge on any atom is 0.225 e. The lowest BCUT2D eigenvalue weighted by atomic mass is 10.2. The van der Waals surface area contributed by atoms with Crippen LogP contribution in [0.1, 0.15) is 26.2 Å². The maximum atomic E-state index is 11.5. The molecule has 0 saturated heterocycles. The topological polar surface area (TPSA) is 70.2 Å². The molecule has 1 aromatic rings. The molecule has 114 valence electrons. The minimum absolute atomic E-state index is 0.0675. The van der Waals surface area contributed by atoms with Gasteiger partial charge < -0.3 is 16.0 Å². The molecule has 1 aromatic carbocycles. The zero-order valence-electron chi connectivity index (χ0n) is 11.7. The number of hydrogen-bond acceptors (Lipinski definition) is 3. The third-order valence-corrected chi connectivity index (χ3v) is 3.01. The number of halogens is 1. The second-order valence-corrected chi connectivity index (χ2v) is 5.06. The molecular weight excluding hydrogens is 310 g/mol. The Labute approximate surface area is 134 Å². The summed E-state index contributed by atoms with van der Waals surface area (Å²) in [6.07, 6.45) is 1.42.